The first-order chi connectivity index (χ1) is 18.7. The van der Waals surface area contributed by atoms with E-state index in [0.29, 0.717) is 5.56 Å². The van der Waals surface area contributed by atoms with Crippen molar-refractivity contribution in [2.45, 2.75) is 121 Å². The fraction of sp³-hybridized carbons (Fsp3) is 0.571. The molecule has 40 heavy (non-hydrogen) atoms. The second-order valence-electron chi connectivity index (χ2n) is 15.4. The first kappa shape index (κ1) is 32.8. The number of allylic oxidation sites excluding steroid dienone is 2. The van der Waals surface area contributed by atoms with Gasteiger partial charge >= 0.3 is 5.97 Å². The molecule has 0 bridgehead atoms. The summed E-state index contributed by atoms with van der Waals surface area (Å²) < 4.78 is 0. The molecule has 0 heterocycles. The van der Waals surface area contributed by atoms with E-state index in [2.05, 4.69) is 89.2 Å². The largest absolute Gasteiger partial charge is 0.478 e. The molecule has 2 aromatic rings. The first-order valence-electron chi connectivity index (χ1n) is 15.8. The molecule has 0 saturated carbocycles. The molecule has 1 atom stereocenters. The third-order valence-electron chi connectivity index (χ3n) is 8.63. The van der Waals surface area contributed by atoms with E-state index in [9.17, 15) is 9.90 Å². The summed E-state index contributed by atoms with van der Waals surface area (Å²) in [4.78, 5) is 12.1. The third kappa shape index (κ3) is 10.3. The first-order valence-corrected chi connectivity index (χ1v) is 26.4. The van der Waals surface area contributed by atoms with Crippen LogP contribution in [0.25, 0.3) is 16.7 Å². The fourth-order valence-corrected chi connectivity index (χ4v) is 33.1. The van der Waals surface area contributed by atoms with E-state index >= 15 is 0 Å². The molecule has 0 radical (unpaired) electrons. The van der Waals surface area contributed by atoms with Crippen molar-refractivity contribution in [3.8, 4) is 11.1 Å². The van der Waals surface area contributed by atoms with Gasteiger partial charge < -0.3 is 5.11 Å². The van der Waals surface area contributed by atoms with Gasteiger partial charge in [-0.05, 0) is 71.9 Å². The zero-order valence-corrected chi connectivity index (χ0v) is 29.8. The number of rotatable bonds is 14. The molecule has 0 fully saturated rings. The van der Waals surface area contributed by atoms with E-state index in [0.717, 1.165) is 29.9 Å². The maximum Gasteiger partial charge on any atom is 0.336 e. The Kier molecular flexibility index (Phi) is 11.5. The number of hydrogen-bond donors (Lipinski definition) is 1. The Morgan fingerprint density at radius 1 is 0.875 bits per heavy atom. The minimum atomic E-state index is -1.19. The number of carbonyl (C=O) groups is 1. The summed E-state index contributed by atoms with van der Waals surface area (Å²) in [6.07, 6.45) is 12.1. The number of unbranched alkanes of at least 4 members (excludes halogenated alkanes) is 1. The minimum absolute atomic E-state index is 0.402. The molecule has 1 unspecified atom stereocenters. The molecule has 0 aliphatic heterocycles. The van der Waals surface area contributed by atoms with Crippen molar-refractivity contribution in [3.05, 3.63) is 65.2 Å². The molecule has 220 valence electrons. The van der Waals surface area contributed by atoms with Gasteiger partial charge in [-0.25, -0.2) is 4.79 Å². The summed E-state index contributed by atoms with van der Waals surface area (Å²) in [5.74, 6) is -0.00797. The van der Waals surface area contributed by atoms with E-state index in [1.54, 1.807) is 11.3 Å². The van der Waals surface area contributed by atoms with Crippen LogP contribution in [0, 0.1) is 5.92 Å². The van der Waals surface area contributed by atoms with Gasteiger partial charge in [0.2, 0.25) is 0 Å². The average molecular weight is 593 g/mol. The summed E-state index contributed by atoms with van der Waals surface area (Å²) in [5.41, 5.74) is 9.35. The van der Waals surface area contributed by atoms with Gasteiger partial charge in [0, 0.05) is 24.2 Å². The van der Waals surface area contributed by atoms with Crippen molar-refractivity contribution in [2.75, 3.05) is 0 Å². The van der Waals surface area contributed by atoms with Gasteiger partial charge in [0.05, 0.1) is 5.56 Å². The molecule has 5 heteroatoms. The second-order valence-corrected chi connectivity index (χ2v) is 32.5. The molecule has 0 amide bonds. The van der Waals surface area contributed by atoms with Gasteiger partial charge in [-0.3, -0.25) is 0 Å². The van der Waals surface area contributed by atoms with E-state index in [4.69, 9.17) is 0 Å². The monoisotopic (exact) mass is 592 g/mol. The second kappa shape index (κ2) is 14.0. The minimum Gasteiger partial charge on any atom is -0.478 e. The molecule has 3 rings (SSSR count). The SMILES string of the molecule is CCCC1CC=C(c2ccc(-c3cc(CCCC[Si](C)(C)C[Si](C)(C)C[Si](C)(C)C)ccc3C(=O)O)cc2)CC1. The van der Waals surface area contributed by atoms with Crippen LogP contribution < -0.4 is 0 Å². The molecule has 0 saturated heterocycles. The summed E-state index contributed by atoms with van der Waals surface area (Å²) in [6, 6.07) is 16.0. The van der Waals surface area contributed by atoms with E-state index < -0.39 is 30.2 Å². The molecular formula is C35H56O2Si3. The number of benzene rings is 2. The quantitative estimate of drug-likeness (QED) is 0.175. The maximum absolute atomic E-state index is 12.1. The lowest BCUT2D eigenvalue weighted by Crippen LogP contribution is -2.44. The number of aromatic carboxylic acids is 1. The number of carboxylic acids is 1. The summed E-state index contributed by atoms with van der Waals surface area (Å²) >= 11 is 0. The highest BCUT2D eigenvalue weighted by Gasteiger charge is 2.35. The molecular weight excluding hydrogens is 537 g/mol. The van der Waals surface area contributed by atoms with E-state index in [1.807, 2.05) is 12.1 Å². The van der Waals surface area contributed by atoms with Crippen LogP contribution in [0.3, 0.4) is 0 Å². The Morgan fingerprint density at radius 3 is 2.12 bits per heavy atom. The average Bonchev–Trinajstić information content (AvgIpc) is 2.85. The van der Waals surface area contributed by atoms with Crippen LogP contribution in [0.2, 0.25) is 63.2 Å². The van der Waals surface area contributed by atoms with Gasteiger partial charge in [0.25, 0.3) is 0 Å². The van der Waals surface area contributed by atoms with Crippen LogP contribution in [-0.2, 0) is 6.42 Å². The van der Waals surface area contributed by atoms with Gasteiger partial charge in [0.1, 0.15) is 0 Å². The number of aryl methyl sites for hydroxylation is 1. The van der Waals surface area contributed by atoms with Crippen LogP contribution in [0.15, 0.2) is 48.5 Å². The Hall–Kier alpha value is -1.70. The van der Waals surface area contributed by atoms with Gasteiger partial charge in [0.15, 0.2) is 0 Å². The van der Waals surface area contributed by atoms with Crippen molar-refractivity contribution in [1.82, 2.24) is 0 Å². The Labute approximate surface area is 248 Å². The van der Waals surface area contributed by atoms with Crippen LogP contribution in [0.1, 0.15) is 73.4 Å². The maximum atomic E-state index is 12.1. The zero-order chi connectivity index (χ0) is 29.6. The highest BCUT2D eigenvalue weighted by atomic mass is 28.4. The molecule has 1 aliphatic carbocycles. The van der Waals surface area contributed by atoms with Crippen LogP contribution >= 0.6 is 0 Å². The lowest BCUT2D eigenvalue weighted by molar-refractivity contribution is 0.0697. The van der Waals surface area contributed by atoms with Crippen molar-refractivity contribution < 1.29 is 9.90 Å². The zero-order valence-electron chi connectivity index (χ0n) is 26.8. The van der Waals surface area contributed by atoms with Gasteiger partial charge in [-0.1, -0.05) is 132 Å². The molecule has 2 aromatic carbocycles. The highest BCUT2D eigenvalue weighted by Crippen LogP contribution is 2.35. The number of hydrogen-bond acceptors (Lipinski definition) is 1. The fourth-order valence-electron chi connectivity index (χ4n) is 7.67. The lowest BCUT2D eigenvalue weighted by atomic mass is 9.84. The molecule has 0 aromatic heterocycles. The third-order valence-corrected chi connectivity index (χ3v) is 26.1. The topological polar surface area (TPSA) is 37.3 Å². The Morgan fingerprint density at radius 2 is 1.55 bits per heavy atom. The predicted octanol–water partition coefficient (Wildman–Crippen LogP) is 11.2. The van der Waals surface area contributed by atoms with Gasteiger partial charge in [-0.2, -0.15) is 0 Å². The Bertz CT molecular complexity index is 1160. The lowest BCUT2D eigenvalue weighted by Gasteiger charge is -2.36. The van der Waals surface area contributed by atoms with Crippen molar-refractivity contribution >= 4 is 35.8 Å². The molecule has 1 N–H and O–H groups in total. The van der Waals surface area contributed by atoms with Crippen molar-refractivity contribution in [2.24, 2.45) is 5.92 Å². The summed E-state index contributed by atoms with van der Waals surface area (Å²) in [6.45, 7) is 20.4. The summed E-state index contributed by atoms with van der Waals surface area (Å²) in [7, 11) is -3.31. The summed E-state index contributed by atoms with van der Waals surface area (Å²) in [5, 5.41) is 9.91. The smallest absolute Gasteiger partial charge is 0.336 e. The Balaban J connectivity index is 1.64. The van der Waals surface area contributed by atoms with Gasteiger partial charge in [-0.15, -0.1) is 0 Å². The van der Waals surface area contributed by atoms with E-state index in [-0.39, 0.29) is 0 Å². The van der Waals surface area contributed by atoms with Crippen molar-refractivity contribution in [3.63, 3.8) is 0 Å². The molecule has 2 nitrogen and oxygen atoms in total. The highest BCUT2D eigenvalue weighted by molar-refractivity contribution is 7.02. The standard InChI is InChI=1S/C35H56O2Si3/c1-9-12-28-14-17-30(18-15-28)31-19-21-32(22-20-31)34-25-29(16-23-33(34)35(36)37)13-10-11-24-39(5,6)27-40(7,8)26-38(2,3)4/h16-17,19-23,25,28H,9-15,18,24,26-27H2,1-8H3,(H,36,37). The predicted molar refractivity (Wildman–Crippen MR) is 185 cm³/mol. The van der Waals surface area contributed by atoms with Crippen molar-refractivity contribution in [1.29, 1.82) is 0 Å². The van der Waals surface area contributed by atoms with Crippen LogP contribution in [-0.4, -0.2) is 35.3 Å². The number of carboxylic acid groups (broad SMARTS) is 1. The molecule has 1 aliphatic rings. The molecule has 0 spiro atoms. The van der Waals surface area contributed by atoms with Crippen LogP contribution in [0.4, 0.5) is 0 Å². The normalized spacial score (nSPS) is 16.6. The van der Waals surface area contributed by atoms with Crippen LogP contribution in [0.5, 0.6) is 0 Å². The van der Waals surface area contributed by atoms with E-state index in [1.165, 1.54) is 61.3 Å².